The normalized spacial score (nSPS) is 13.5. The van der Waals surface area contributed by atoms with Crippen LogP contribution in [0.3, 0.4) is 0 Å². The van der Waals surface area contributed by atoms with Crippen molar-refractivity contribution < 1.29 is 28.1 Å². The standard InChI is InChI=1S/C36H38FN5O6/c1-5-23-7-9-29-26(17-23)34(43)33(22(2)41(29)3)35(44)40-24-8-10-30(27(37)18-24)48-36-25-19-31(45-4)32(20-28(25)38-21-39-36)47-14-6-11-42-12-15-46-16-13-42/h7-10,17-21H,5-6,11-16H2,1-4H3,(H,40,44). The maximum absolute atomic E-state index is 15.4. The van der Waals surface area contributed by atoms with Crippen LogP contribution >= 0.6 is 0 Å². The number of hydrogen-bond donors (Lipinski definition) is 1. The number of nitrogens with one attached hydrogen (secondary N) is 1. The third-order valence-corrected chi connectivity index (χ3v) is 8.65. The van der Waals surface area contributed by atoms with Crippen LogP contribution in [0.15, 0.2) is 59.7 Å². The highest BCUT2D eigenvalue weighted by molar-refractivity contribution is 6.07. The van der Waals surface area contributed by atoms with Crippen molar-refractivity contribution in [2.75, 3.05) is 51.9 Å². The van der Waals surface area contributed by atoms with E-state index in [4.69, 9.17) is 18.9 Å². The molecule has 6 rings (SSSR count). The molecular formula is C36H38FN5O6. The number of amides is 1. The fourth-order valence-corrected chi connectivity index (χ4v) is 5.84. The minimum atomic E-state index is -0.734. The van der Waals surface area contributed by atoms with Gasteiger partial charge < -0.3 is 28.8 Å². The van der Waals surface area contributed by atoms with Gasteiger partial charge in [0.1, 0.15) is 11.9 Å². The molecule has 0 bridgehead atoms. The van der Waals surface area contributed by atoms with E-state index in [2.05, 4.69) is 20.2 Å². The third-order valence-electron chi connectivity index (χ3n) is 8.65. The van der Waals surface area contributed by atoms with Gasteiger partial charge in [0.15, 0.2) is 23.1 Å². The van der Waals surface area contributed by atoms with Gasteiger partial charge in [0, 0.05) is 55.6 Å². The molecular weight excluding hydrogens is 617 g/mol. The zero-order chi connectivity index (χ0) is 33.8. The van der Waals surface area contributed by atoms with Crippen LogP contribution in [0.1, 0.15) is 35.0 Å². The molecule has 5 aromatic rings. The fraction of sp³-hybridized carbons (Fsp3) is 0.333. The van der Waals surface area contributed by atoms with Gasteiger partial charge in [-0.15, -0.1) is 0 Å². The molecule has 2 aromatic heterocycles. The lowest BCUT2D eigenvalue weighted by Crippen LogP contribution is -2.37. The minimum Gasteiger partial charge on any atom is -0.493 e. The molecule has 0 radical (unpaired) electrons. The maximum atomic E-state index is 15.4. The topological polar surface area (TPSA) is 117 Å². The average molecular weight is 656 g/mol. The number of rotatable bonds is 11. The minimum absolute atomic E-state index is 0.000779. The van der Waals surface area contributed by atoms with Crippen molar-refractivity contribution in [2.24, 2.45) is 7.05 Å². The van der Waals surface area contributed by atoms with Gasteiger partial charge in [0.2, 0.25) is 11.3 Å². The number of benzene rings is 3. The van der Waals surface area contributed by atoms with Crippen molar-refractivity contribution >= 4 is 33.4 Å². The summed E-state index contributed by atoms with van der Waals surface area (Å²) in [5.74, 6) is -0.353. The lowest BCUT2D eigenvalue weighted by molar-refractivity contribution is 0.0357. The molecule has 1 saturated heterocycles. The molecule has 0 unspecified atom stereocenters. The number of halogens is 1. The molecule has 0 atom stereocenters. The summed E-state index contributed by atoms with van der Waals surface area (Å²) in [6, 6.07) is 13.1. The van der Waals surface area contributed by atoms with Crippen molar-refractivity contribution in [2.45, 2.75) is 26.7 Å². The van der Waals surface area contributed by atoms with Gasteiger partial charge in [0.25, 0.3) is 5.91 Å². The van der Waals surface area contributed by atoms with Crippen molar-refractivity contribution in [1.29, 1.82) is 0 Å². The summed E-state index contributed by atoms with van der Waals surface area (Å²) >= 11 is 0. The van der Waals surface area contributed by atoms with Crippen molar-refractivity contribution in [3.63, 3.8) is 0 Å². The Hall–Kier alpha value is -5.07. The van der Waals surface area contributed by atoms with Gasteiger partial charge in [-0.3, -0.25) is 14.5 Å². The van der Waals surface area contributed by atoms with Crippen LogP contribution in [0.2, 0.25) is 0 Å². The second-order valence-corrected chi connectivity index (χ2v) is 11.6. The Balaban J connectivity index is 1.18. The first-order chi connectivity index (χ1) is 23.3. The molecule has 11 nitrogen and oxygen atoms in total. The summed E-state index contributed by atoms with van der Waals surface area (Å²) in [4.78, 5) is 37.7. The van der Waals surface area contributed by atoms with E-state index in [0.717, 1.165) is 62.8 Å². The molecule has 1 aliphatic heterocycles. The second-order valence-electron chi connectivity index (χ2n) is 11.6. The number of methoxy groups -OCH3 is 1. The van der Waals surface area contributed by atoms with Crippen molar-refractivity contribution in [3.8, 4) is 23.1 Å². The Bertz CT molecular complexity index is 2040. The number of pyridine rings is 1. The first-order valence-electron chi connectivity index (χ1n) is 15.9. The lowest BCUT2D eigenvalue weighted by atomic mass is 10.0. The lowest BCUT2D eigenvalue weighted by Gasteiger charge is -2.26. The zero-order valence-electron chi connectivity index (χ0n) is 27.5. The van der Waals surface area contributed by atoms with Gasteiger partial charge in [-0.1, -0.05) is 13.0 Å². The van der Waals surface area contributed by atoms with E-state index in [1.54, 1.807) is 26.1 Å². The van der Waals surface area contributed by atoms with Gasteiger partial charge in [-0.25, -0.2) is 14.4 Å². The van der Waals surface area contributed by atoms with Crippen LogP contribution in [0.25, 0.3) is 21.8 Å². The fourth-order valence-electron chi connectivity index (χ4n) is 5.84. The number of carbonyl (C=O) groups excluding carboxylic acids is 1. The van der Waals surface area contributed by atoms with E-state index in [0.29, 0.717) is 40.1 Å². The Morgan fingerprint density at radius 1 is 1.02 bits per heavy atom. The molecule has 250 valence electrons. The molecule has 0 spiro atoms. The number of ether oxygens (including phenoxy) is 4. The van der Waals surface area contributed by atoms with Crippen molar-refractivity contribution in [3.05, 3.63) is 87.7 Å². The average Bonchev–Trinajstić information content (AvgIpc) is 3.10. The van der Waals surface area contributed by atoms with Crippen LogP contribution in [0.4, 0.5) is 10.1 Å². The SMILES string of the molecule is CCc1ccc2c(c1)c(=O)c(C(=O)Nc1ccc(Oc3ncnc4cc(OCCCN5CCOCC5)c(OC)cc34)c(F)c1)c(C)n2C. The largest absolute Gasteiger partial charge is 0.493 e. The number of aromatic nitrogens is 3. The highest BCUT2D eigenvalue weighted by atomic mass is 19.1. The molecule has 3 aromatic carbocycles. The molecule has 0 aliphatic carbocycles. The Kier molecular flexibility index (Phi) is 9.83. The third kappa shape index (κ3) is 6.80. The smallest absolute Gasteiger partial charge is 0.261 e. The number of anilines is 1. The van der Waals surface area contributed by atoms with E-state index in [1.807, 2.05) is 29.7 Å². The van der Waals surface area contributed by atoms with Gasteiger partial charge >= 0.3 is 0 Å². The molecule has 0 saturated carbocycles. The van der Waals surface area contributed by atoms with E-state index >= 15 is 4.39 Å². The van der Waals surface area contributed by atoms with Crippen LogP contribution in [0, 0.1) is 12.7 Å². The van der Waals surface area contributed by atoms with Crippen LogP contribution < -0.4 is 25.0 Å². The van der Waals surface area contributed by atoms with E-state index in [9.17, 15) is 9.59 Å². The number of fused-ring (bicyclic) bond motifs is 2. The highest BCUT2D eigenvalue weighted by Gasteiger charge is 2.21. The Labute approximate surface area is 277 Å². The van der Waals surface area contributed by atoms with E-state index in [1.165, 1.54) is 25.6 Å². The van der Waals surface area contributed by atoms with Gasteiger partial charge in [-0.2, -0.15) is 0 Å². The summed E-state index contributed by atoms with van der Waals surface area (Å²) in [5, 5.41) is 3.63. The van der Waals surface area contributed by atoms with E-state index in [-0.39, 0.29) is 28.3 Å². The summed E-state index contributed by atoms with van der Waals surface area (Å²) in [7, 11) is 3.34. The summed E-state index contributed by atoms with van der Waals surface area (Å²) in [5.41, 5.74) is 2.55. The Morgan fingerprint density at radius 3 is 2.58 bits per heavy atom. The van der Waals surface area contributed by atoms with E-state index < -0.39 is 11.7 Å². The van der Waals surface area contributed by atoms with Gasteiger partial charge in [-0.05, 0) is 55.7 Å². The number of aryl methyl sites for hydroxylation is 2. The van der Waals surface area contributed by atoms with Gasteiger partial charge in [0.05, 0.1) is 43.4 Å². The summed E-state index contributed by atoms with van der Waals surface area (Å²) < 4.78 is 40.1. The number of nitrogens with zero attached hydrogens (tertiary/aromatic N) is 4. The Morgan fingerprint density at radius 2 is 1.83 bits per heavy atom. The first kappa shape index (κ1) is 32.9. The predicted molar refractivity (Wildman–Crippen MR) is 181 cm³/mol. The molecule has 3 heterocycles. The van der Waals surface area contributed by atoms with Crippen LogP contribution in [0.5, 0.6) is 23.1 Å². The quantitative estimate of drug-likeness (QED) is 0.180. The number of carbonyl (C=O) groups is 1. The number of hydrogen-bond acceptors (Lipinski definition) is 9. The maximum Gasteiger partial charge on any atom is 0.261 e. The van der Waals surface area contributed by atoms with Crippen LogP contribution in [-0.4, -0.2) is 71.9 Å². The molecule has 1 amide bonds. The molecule has 48 heavy (non-hydrogen) atoms. The molecule has 1 fully saturated rings. The first-order valence-corrected chi connectivity index (χ1v) is 15.9. The zero-order valence-corrected chi connectivity index (χ0v) is 27.5. The van der Waals surface area contributed by atoms with Crippen LogP contribution in [-0.2, 0) is 18.2 Å². The summed E-state index contributed by atoms with van der Waals surface area (Å²) in [6.07, 6.45) is 2.92. The molecule has 12 heteroatoms. The monoisotopic (exact) mass is 655 g/mol. The molecule has 1 N–H and O–H groups in total. The highest BCUT2D eigenvalue weighted by Crippen LogP contribution is 2.37. The predicted octanol–water partition coefficient (Wildman–Crippen LogP) is 5.65. The molecule has 1 aliphatic rings. The van der Waals surface area contributed by atoms with Crippen molar-refractivity contribution in [1.82, 2.24) is 19.4 Å². The summed E-state index contributed by atoms with van der Waals surface area (Å²) in [6.45, 7) is 8.46. The number of morpholine rings is 1. The second kappa shape index (κ2) is 14.4.